The number of aryl methyl sites for hydroxylation is 1. The predicted octanol–water partition coefficient (Wildman–Crippen LogP) is 4.43. The van der Waals surface area contributed by atoms with Crippen LogP contribution >= 0.6 is 34.7 Å². The van der Waals surface area contributed by atoms with Crippen molar-refractivity contribution in [2.24, 2.45) is 0 Å². The van der Waals surface area contributed by atoms with Gasteiger partial charge in [0.2, 0.25) is 0 Å². The van der Waals surface area contributed by atoms with E-state index in [1.165, 1.54) is 28.0 Å². The molecule has 2 aromatic rings. The molecule has 3 rings (SSSR count). The minimum absolute atomic E-state index is 0.0633. The summed E-state index contributed by atoms with van der Waals surface area (Å²) >= 11 is 8.74. The fraction of sp³-hybridized carbons (Fsp3) is 0.316. The molecule has 5 nitrogen and oxygen atoms in total. The summed E-state index contributed by atoms with van der Waals surface area (Å²) in [7, 11) is 0. The highest BCUT2D eigenvalue weighted by Crippen LogP contribution is 2.37. The molecule has 1 amide bonds. The smallest absolute Gasteiger partial charge is 0.316 e. The zero-order chi connectivity index (χ0) is 19.2. The Bertz CT molecular complexity index is 905. The summed E-state index contributed by atoms with van der Waals surface area (Å²) in [6.45, 7) is -0.380. The van der Waals surface area contributed by atoms with Crippen LogP contribution in [0.1, 0.15) is 28.8 Å². The molecule has 0 unspecified atom stereocenters. The van der Waals surface area contributed by atoms with Crippen molar-refractivity contribution in [3.63, 3.8) is 0 Å². The number of esters is 1. The summed E-state index contributed by atoms with van der Waals surface area (Å²) in [6, 6.07) is 9.40. The fourth-order valence-corrected chi connectivity index (χ4v) is 5.11. The lowest BCUT2D eigenvalue weighted by Gasteiger charge is -2.09. The second kappa shape index (κ2) is 9.27. The number of hydrogen-bond acceptors (Lipinski definition) is 6. The Balaban J connectivity index is 1.50. The molecular weight excluding hydrogens is 404 g/mol. The number of carbonyl (C=O) groups is 2. The van der Waals surface area contributed by atoms with Crippen LogP contribution in [0.2, 0.25) is 5.02 Å². The summed E-state index contributed by atoms with van der Waals surface area (Å²) < 4.78 is 5.02. The third kappa shape index (κ3) is 5.04. The van der Waals surface area contributed by atoms with Gasteiger partial charge in [-0.2, -0.15) is 5.26 Å². The number of carbonyl (C=O) groups excluding carboxylic acids is 2. The van der Waals surface area contributed by atoms with Gasteiger partial charge in [-0.15, -0.1) is 23.1 Å². The summed E-state index contributed by atoms with van der Waals surface area (Å²) in [6.07, 6.45) is 3.98. The van der Waals surface area contributed by atoms with Crippen LogP contribution < -0.4 is 5.32 Å². The van der Waals surface area contributed by atoms with Crippen LogP contribution in [0.25, 0.3) is 0 Å². The number of thioether (sulfide) groups is 1. The largest absolute Gasteiger partial charge is 0.455 e. The number of nitrogens with zero attached hydrogens (tertiary/aromatic N) is 1. The molecule has 1 aliphatic rings. The van der Waals surface area contributed by atoms with Crippen LogP contribution in [0.4, 0.5) is 5.00 Å². The lowest BCUT2D eigenvalue weighted by atomic mass is 9.96. The molecule has 0 bridgehead atoms. The van der Waals surface area contributed by atoms with E-state index in [2.05, 4.69) is 11.4 Å². The first-order valence-electron chi connectivity index (χ1n) is 8.46. The molecule has 0 spiro atoms. The molecule has 0 saturated carbocycles. The van der Waals surface area contributed by atoms with Gasteiger partial charge in [-0.25, -0.2) is 0 Å². The molecule has 0 fully saturated rings. The molecule has 0 atom stereocenters. The Morgan fingerprint density at radius 1 is 1.30 bits per heavy atom. The number of ether oxygens (including phenoxy) is 1. The van der Waals surface area contributed by atoms with Crippen molar-refractivity contribution >= 4 is 51.6 Å². The Morgan fingerprint density at radius 2 is 2.07 bits per heavy atom. The Kier molecular flexibility index (Phi) is 6.78. The van der Waals surface area contributed by atoms with Crippen LogP contribution in [0, 0.1) is 11.3 Å². The SMILES string of the molecule is N#Cc1c(NC(=O)COC(=O)CSc2ccccc2Cl)sc2c1CCCC2. The van der Waals surface area contributed by atoms with E-state index in [1.54, 1.807) is 6.07 Å². The zero-order valence-electron chi connectivity index (χ0n) is 14.4. The van der Waals surface area contributed by atoms with Crippen LogP contribution in [-0.2, 0) is 27.2 Å². The van der Waals surface area contributed by atoms with Gasteiger partial charge in [0, 0.05) is 9.77 Å². The monoisotopic (exact) mass is 420 g/mol. The number of rotatable bonds is 6. The fourth-order valence-electron chi connectivity index (χ4n) is 2.82. The van der Waals surface area contributed by atoms with Crippen molar-refractivity contribution in [2.45, 2.75) is 30.6 Å². The molecule has 1 aromatic carbocycles. The second-order valence-electron chi connectivity index (χ2n) is 5.95. The molecule has 0 radical (unpaired) electrons. The van der Waals surface area contributed by atoms with Gasteiger partial charge in [0.05, 0.1) is 16.3 Å². The van der Waals surface area contributed by atoms with Crippen LogP contribution in [0.5, 0.6) is 0 Å². The van der Waals surface area contributed by atoms with Gasteiger partial charge in [0.25, 0.3) is 5.91 Å². The molecule has 1 aromatic heterocycles. The second-order valence-corrected chi connectivity index (χ2v) is 8.48. The van der Waals surface area contributed by atoms with Crippen molar-refractivity contribution < 1.29 is 14.3 Å². The number of nitrogens with one attached hydrogen (secondary N) is 1. The molecule has 0 saturated heterocycles. The maximum atomic E-state index is 12.1. The third-order valence-electron chi connectivity index (χ3n) is 4.08. The van der Waals surface area contributed by atoms with Crippen molar-refractivity contribution in [2.75, 3.05) is 17.7 Å². The molecular formula is C19H17ClN2O3S2. The van der Waals surface area contributed by atoms with Gasteiger partial charge < -0.3 is 10.1 Å². The Morgan fingerprint density at radius 3 is 2.85 bits per heavy atom. The minimum Gasteiger partial charge on any atom is -0.455 e. The van der Waals surface area contributed by atoms with E-state index in [0.717, 1.165) is 36.1 Å². The van der Waals surface area contributed by atoms with Gasteiger partial charge in [0.15, 0.2) is 6.61 Å². The van der Waals surface area contributed by atoms with Crippen LogP contribution in [0.3, 0.4) is 0 Å². The zero-order valence-corrected chi connectivity index (χ0v) is 16.8. The number of benzene rings is 1. The molecule has 140 valence electrons. The highest BCUT2D eigenvalue weighted by atomic mass is 35.5. The van der Waals surface area contributed by atoms with Crippen LogP contribution in [0.15, 0.2) is 29.2 Å². The summed E-state index contributed by atoms with van der Waals surface area (Å²) in [5.74, 6) is -0.879. The Labute approximate surface area is 170 Å². The van der Waals surface area contributed by atoms with Gasteiger partial charge in [-0.05, 0) is 43.4 Å². The van der Waals surface area contributed by atoms with Gasteiger partial charge in [0.1, 0.15) is 11.1 Å². The summed E-state index contributed by atoms with van der Waals surface area (Å²) in [4.78, 5) is 25.9. The van der Waals surface area contributed by atoms with Crippen LogP contribution in [-0.4, -0.2) is 24.2 Å². The van der Waals surface area contributed by atoms with Crippen molar-refractivity contribution in [1.29, 1.82) is 5.26 Å². The van der Waals surface area contributed by atoms with Gasteiger partial charge in [-0.1, -0.05) is 23.7 Å². The quantitative estimate of drug-likeness (QED) is 0.552. The summed E-state index contributed by atoms with van der Waals surface area (Å²) in [5.41, 5.74) is 1.60. The molecule has 0 aliphatic heterocycles. The normalized spacial score (nSPS) is 12.7. The number of anilines is 1. The lowest BCUT2D eigenvalue weighted by molar-refractivity contribution is -0.144. The molecule has 27 heavy (non-hydrogen) atoms. The highest BCUT2D eigenvalue weighted by molar-refractivity contribution is 8.00. The van der Waals surface area contributed by atoms with E-state index in [0.29, 0.717) is 15.6 Å². The van der Waals surface area contributed by atoms with Gasteiger partial charge >= 0.3 is 5.97 Å². The number of hydrogen-bond donors (Lipinski definition) is 1. The first kappa shape index (κ1) is 19.7. The van der Waals surface area contributed by atoms with E-state index in [1.807, 2.05) is 18.2 Å². The summed E-state index contributed by atoms with van der Waals surface area (Å²) in [5, 5.41) is 13.2. The third-order valence-corrected chi connectivity index (χ3v) is 6.78. The van der Waals surface area contributed by atoms with E-state index in [4.69, 9.17) is 16.3 Å². The van der Waals surface area contributed by atoms with Crippen molar-refractivity contribution in [1.82, 2.24) is 0 Å². The van der Waals surface area contributed by atoms with E-state index >= 15 is 0 Å². The number of thiophene rings is 1. The molecule has 1 aliphatic carbocycles. The minimum atomic E-state index is -0.499. The molecule has 1 N–H and O–H groups in total. The number of fused-ring (bicyclic) bond motifs is 1. The first-order valence-corrected chi connectivity index (χ1v) is 10.6. The van der Waals surface area contributed by atoms with E-state index in [9.17, 15) is 14.9 Å². The number of nitriles is 1. The maximum absolute atomic E-state index is 12.1. The van der Waals surface area contributed by atoms with Gasteiger partial charge in [-0.3, -0.25) is 9.59 Å². The topological polar surface area (TPSA) is 79.2 Å². The predicted molar refractivity (Wildman–Crippen MR) is 107 cm³/mol. The highest BCUT2D eigenvalue weighted by Gasteiger charge is 2.22. The molecule has 1 heterocycles. The van der Waals surface area contributed by atoms with Crippen molar-refractivity contribution in [3.05, 3.63) is 45.3 Å². The lowest BCUT2D eigenvalue weighted by Crippen LogP contribution is -2.21. The standard InChI is InChI=1S/C19H17ClN2O3S2/c20-14-6-2-4-8-16(14)26-11-18(24)25-10-17(23)22-19-13(9-21)12-5-1-3-7-15(12)27-19/h2,4,6,8H,1,3,5,7,10-11H2,(H,22,23). The average molecular weight is 421 g/mol. The Hall–Kier alpha value is -2.01. The first-order chi connectivity index (χ1) is 13.1. The van der Waals surface area contributed by atoms with E-state index < -0.39 is 11.9 Å². The van der Waals surface area contributed by atoms with Crippen molar-refractivity contribution in [3.8, 4) is 6.07 Å². The molecule has 8 heteroatoms. The number of amides is 1. The number of halogens is 1. The van der Waals surface area contributed by atoms with E-state index in [-0.39, 0.29) is 12.4 Å². The average Bonchev–Trinajstić information content (AvgIpc) is 3.02. The maximum Gasteiger partial charge on any atom is 0.316 e.